The van der Waals surface area contributed by atoms with Crippen LogP contribution in [0, 0.1) is 0 Å². The second-order valence-electron chi connectivity index (χ2n) is 6.68. The van der Waals surface area contributed by atoms with E-state index in [4.69, 9.17) is 4.74 Å². The fourth-order valence-electron chi connectivity index (χ4n) is 2.94. The summed E-state index contributed by atoms with van der Waals surface area (Å²) in [6, 6.07) is 17.1. The van der Waals surface area contributed by atoms with Gasteiger partial charge < -0.3 is 15.0 Å². The molecule has 150 valence electrons. The lowest BCUT2D eigenvalue weighted by Gasteiger charge is -2.28. The highest BCUT2D eigenvalue weighted by atomic mass is 16.5. The summed E-state index contributed by atoms with van der Waals surface area (Å²) >= 11 is 0. The first-order valence-corrected chi connectivity index (χ1v) is 9.88. The van der Waals surface area contributed by atoms with Crippen molar-refractivity contribution in [2.24, 2.45) is 0 Å². The van der Waals surface area contributed by atoms with Crippen LogP contribution in [0.5, 0.6) is 5.75 Å². The first-order chi connectivity index (χ1) is 13.5. The van der Waals surface area contributed by atoms with Crippen molar-refractivity contribution in [2.75, 3.05) is 19.7 Å². The van der Waals surface area contributed by atoms with Gasteiger partial charge in [-0.25, -0.2) is 0 Å². The summed E-state index contributed by atoms with van der Waals surface area (Å²) in [7, 11) is 0. The van der Waals surface area contributed by atoms with Gasteiger partial charge >= 0.3 is 0 Å². The fraction of sp³-hybridized carbons (Fsp3) is 0.391. The van der Waals surface area contributed by atoms with Crippen LogP contribution >= 0.6 is 0 Å². The Kier molecular flexibility index (Phi) is 8.53. The number of carbonyl (C=O) groups excluding carboxylic acids is 2. The van der Waals surface area contributed by atoms with E-state index >= 15 is 0 Å². The molecule has 0 aliphatic carbocycles. The van der Waals surface area contributed by atoms with Crippen LogP contribution in [0.25, 0.3) is 0 Å². The van der Waals surface area contributed by atoms with Crippen LogP contribution in [0.3, 0.4) is 0 Å². The average Bonchev–Trinajstić information content (AvgIpc) is 2.73. The van der Waals surface area contributed by atoms with Gasteiger partial charge in [0, 0.05) is 13.1 Å². The molecule has 0 bridgehead atoms. The van der Waals surface area contributed by atoms with Crippen LogP contribution in [-0.4, -0.2) is 42.5 Å². The van der Waals surface area contributed by atoms with E-state index in [1.807, 2.05) is 61.5 Å². The van der Waals surface area contributed by atoms with E-state index in [9.17, 15) is 9.59 Å². The molecule has 0 spiro atoms. The zero-order chi connectivity index (χ0) is 20.4. The maximum Gasteiger partial charge on any atom is 0.261 e. The highest BCUT2D eigenvalue weighted by molar-refractivity contribution is 5.87. The number of aryl methyl sites for hydroxylation is 1. The molecule has 1 N–H and O–H groups in total. The molecule has 1 unspecified atom stereocenters. The minimum Gasteiger partial charge on any atom is -0.484 e. The van der Waals surface area contributed by atoms with Crippen LogP contribution in [-0.2, 0) is 22.4 Å². The van der Waals surface area contributed by atoms with Gasteiger partial charge in [-0.15, -0.1) is 0 Å². The Morgan fingerprint density at radius 3 is 2.29 bits per heavy atom. The second-order valence-corrected chi connectivity index (χ2v) is 6.68. The third kappa shape index (κ3) is 6.41. The standard InChI is InChI=1S/C23H30N2O3/c1-4-19-11-13-21(14-12-19)28-17-22(26)25(18(3)23(27)24-5-2)16-15-20-9-7-6-8-10-20/h6-14,18H,4-5,15-17H2,1-3H3,(H,24,27). The molecule has 0 fully saturated rings. The van der Waals surface area contributed by atoms with E-state index in [-0.39, 0.29) is 18.4 Å². The topological polar surface area (TPSA) is 58.6 Å². The molecule has 2 aromatic carbocycles. The molecule has 2 amide bonds. The summed E-state index contributed by atoms with van der Waals surface area (Å²) in [5.74, 6) is 0.296. The second kappa shape index (κ2) is 11.1. The number of nitrogens with one attached hydrogen (secondary N) is 1. The lowest BCUT2D eigenvalue weighted by molar-refractivity contribution is -0.141. The van der Waals surface area contributed by atoms with Gasteiger partial charge in [0.25, 0.3) is 5.91 Å². The van der Waals surface area contributed by atoms with Gasteiger partial charge in [-0.05, 0) is 49.9 Å². The van der Waals surface area contributed by atoms with Crippen molar-refractivity contribution in [2.45, 2.75) is 39.7 Å². The van der Waals surface area contributed by atoms with Gasteiger partial charge in [0.1, 0.15) is 11.8 Å². The number of likely N-dealkylation sites (N-methyl/N-ethyl adjacent to an activating group) is 1. The molecule has 0 aromatic heterocycles. The van der Waals surface area contributed by atoms with E-state index in [1.165, 1.54) is 5.56 Å². The highest BCUT2D eigenvalue weighted by Crippen LogP contribution is 2.13. The summed E-state index contributed by atoms with van der Waals surface area (Å²) in [6.45, 7) is 6.61. The quantitative estimate of drug-likeness (QED) is 0.686. The number of nitrogens with zero attached hydrogens (tertiary/aromatic N) is 1. The minimum atomic E-state index is -0.553. The number of carbonyl (C=O) groups is 2. The van der Waals surface area contributed by atoms with Crippen molar-refractivity contribution in [3.8, 4) is 5.75 Å². The molecule has 0 saturated carbocycles. The summed E-state index contributed by atoms with van der Waals surface area (Å²) in [4.78, 5) is 26.7. The molecule has 28 heavy (non-hydrogen) atoms. The van der Waals surface area contributed by atoms with Crippen LogP contribution in [0.4, 0.5) is 0 Å². The Bertz CT molecular complexity index is 744. The SMILES string of the molecule is CCNC(=O)C(C)N(CCc1ccccc1)C(=O)COc1ccc(CC)cc1. The maximum absolute atomic E-state index is 12.8. The third-order valence-electron chi connectivity index (χ3n) is 4.70. The van der Waals surface area contributed by atoms with Gasteiger partial charge in [0.15, 0.2) is 6.61 Å². The zero-order valence-electron chi connectivity index (χ0n) is 17.0. The first kappa shape index (κ1) is 21.5. The number of hydrogen-bond donors (Lipinski definition) is 1. The fourth-order valence-corrected chi connectivity index (χ4v) is 2.94. The molecule has 5 nitrogen and oxygen atoms in total. The van der Waals surface area contributed by atoms with E-state index < -0.39 is 6.04 Å². The predicted molar refractivity (Wildman–Crippen MR) is 111 cm³/mol. The normalized spacial score (nSPS) is 11.5. The Morgan fingerprint density at radius 2 is 1.68 bits per heavy atom. The van der Waals surface area contributed by atoms with Crippen molar-refractivity contribution >= 4 is 11.8 Å². The van der Waals surface area contributed by atoms with Crippen LogP contribution in [0.2, 0.25) is 0 Å². The molecule has 0 radical (unpaired) electrons. The Morgan fingerprint density at radius 1 is 1.00 bits per heavy atom. The van der Waals surface area contributed by atoms with Gasteiger partial charge in [0.05, 0.1) is 0 Å². The Balaban J connectivity index is 2.02. The number of rotatable bonds is 10. The minimum absolute atomic E-state index is 0.0932. The average molecular weight is 383 g/mol. The van der Waals surface area contributed by atoms with Crippen molar-refractivity contribution in [3.05, 3.63) is 65.7 Å². The summed E-state index contributed by atoms with van der Waals surface area (Å²) in [6.07, 6.45) is 1.64. The number of hydrogen-bond acceptors (Lipinski definition) is 3. The Labute approximate surface area is 167 Å². The van der Waals surface area contributed by atoms with E-state index in [1.54, 1.807) is 11.8 Å². The van der Waals surface area contributed by atoms with Gasteiger partial charge in [-0.1, -0.05) is 49.4 Å². The van der Waals surface area contributed by atoms with Crippen LogP contribution in [0.1, 0.15) is 31.9 Å². The predicted octanol–water partition coefficient (Wildman–Crippen LogP) is 3.22. The summed E-state index contributed by atoms with van der Waals surface area (Å²) < 4.78 is 5.67. The van der Waals surface area contributed by atoms with Crippen molar-refractivity contribution < 1.29 is 14.3 Å². The molecule has 5 heteroatoms. The molecule has 0 aliphatic heterocycles. The molecular formula is C23H30N2O3. The van der Waals surface area contributed by atoms with Crippen LogP contribution < -0.4 is 10.1 Å². The lowest BCUT2D eigenvalue weighted by atomic mass is 10.1. The largest absolute Gasteiger partial charge is 0.484 e. The number of amides is 2. The van der Waals surface area contributed by atoms with Crippen molar-refractivity contribution in [3.63, 3.8) is 0 Å². The van der Waals surface area contributed by atoms with E-state index in [0.717, 1.165) is 12.0 Å². The maximum atomic E-state index is 12.8. The van der Waals surface area contributed by atoms with Crippen LogP contribution in [0.15, 0.2) is 54.6 Å². The van der Waals surface area contributed by atoms with Gasteiger partial charge in [0.2, 0.25) is 5.91 Å². The molecule has 0 aliphatic rings. The molecule has 2 aromatic rings. The van der Waals surface area contributed by atoms with Crippen molar-refractivity contribution in [1.82, 2.24) is 10.2 Å². The molecule has 0 heterocycles. The molecule has 2 rings (SSSR count). The zero-order valence-corrected chi connectivity index (χ0v) is 17.0. The summed E-state index contributed by atoms with van der Waals surface area (Å²) in [5.41, 5.74) is 2.34. The number of benzene rings is 2. The highest BCUT2D eigenvalue weighted by Gasteiger charge is 2.25. The number of ether oxygens (including phenoxy) is 1. The first-order valence-electron chi connectivity index (χ1n) is 9.88. The smallest absolute Gasteiger partial charge is 0.261 e. The van der Waals surface area contributed by atoms with Crippen molar-refractivity contribution in [1.29, 1.82) is 0 Å². The van der Waals surface area contributed by atoms with E-state index in [0.29, 0.717) is 25.3 Å². The lowest BCUT2D eigenvalue weighted by Crippen LogP contribution is -2.50. The van der Waals surface area contributed by atoms with Gasteiger partial charge in [-0.2, -0.15) is 0 Å². The molecular weight excluding hydrogens is 352 g/mol. The summed E-state index contributed by atoms with van der Waals surface area (Å²) in [5, 5.41) is 2.79. The molecule has 1 atom stereocenters. The Hall–Kier alpha value is -2.82. The van der Waals surface area contributed by atoms with E-state index in [2.05, 4.69) is 12.2 Å². The van der Waals surface area contributed by atoms with Gasteiger partial charge in [-0.3, -0.25) is 9.59 Å². The third-order valence-corrected chi connectivity index (χ3v) is 4.70. The molecule has 0 saturated heterocycles. The monoisotopic (exact) mass is 382 g/mol.